The van der Waals surface area contributed by atoms with Crippen molar-refractivity contribution in [2.75, 3.05) is 19.0 Å². The van der Waals surface area contributed by atoms with Gasteiger partial charge in [0.15, 0.2) is 0 Å². The van der Waals surface area contributed by atoms with Crippen molar-refractivity contribution in [3.63, 3.8) is 0 Å². The number of halogens is 3. The number of pyridine rings is 1. The van der Waals surface area contributed by atoms with Crippen LogP contribution in [0.2, 0.25) is 0 Å². The molecule has 0 unspecified atom stereocenters. The van der Waals surface area contributed by atoms with E-state index in [4.69, 9.17) is 4.74 Å². The number of rotatable bonds is 2. The first kappa shape index (κ1) is 13.7. The Bertz CT molecular complexity index is 683. The summed E-state index contributed by atoms with van der Waals surface area (Å²) in [7, 11) is 1.54. The maximum Gasteiger partial charge on any atom is 0.416 e. The van der Waals surface area contributed by atoms with Crippen molar-refractivity contribution in [2.24, 2.45) is 0 Å². The number of ether oxygens (including phenoxy) is 1. The van der Waals surface area contributed by atoms with Crippen LogP contribution in [0.4, 0.5) is 19.0 Å². The zero-order chi connectivity index (χ0) is 15.0. The van der Waals surface area contributed by atoms with Crippen LogP contribution < -0.4 is 10.1 Å². The van der Waals surface area contributed by atoms with Crippen LogP contribution in [-0.4, -0.2) is 18.6 Å². The molecule has 0 saturated carbocycles. The molecule has 2 aromatic rings. The molecule has 0 atom stereocenters. The lowest BCUT2D eigenvalue weighted by Gasteiger charge is -2.13. The molecule has 2 heterocycles. The summed E-state index contributed by atoms with van der Waals surface area (Å²) in [4.78, 5) is 4.22. The number of para-hydroxylation sites is 1. The van der Waals surface area contributed by atoms with Crippen LogP contribution in [0.5, 0.6) is 5.75 Å². The highest BCUT2D eigenvalue weighted by Gasteiger charge is 2.32. The summed E-state index contributed by atoms with van der Waals surface area (Å²) >= 11 is 0. The van der Waals surface area contributed by atoms with Crippen molar-refractivity contribution in [3.8, 4) is 17.0 Å². The van der Waals surface area contributed by atoms with E-state index in [1.54, 1.807) is 6.07 Å². The Balaban J connectivity index is 2.17. The minimum absolute atomic E-state index is 0.176. The number of nitrogens with one attached hydrogen (secondary N) is 1. The highest BCUT2D eigenvalue weighted by atomic mass is 19.4. The summed E-state index contributed by atoms with van der Waals surface area (Å²) in [5, 5.41) is 2.67. The summed E-state index contributed by atoms with van der Waals surface area (Å²) < 4.78 is 44.5. The molecule has 0 spiro atoms. The van der Waals surface area contributed by atoms with Crippen molar-refractivity contribution in [1.82, 2.24) is 4.98 Å². The zero-order valence-electron chi connectivity index (χ0n) is 11.3. The molecule has 1 N–H and O–H groups in total. The molecule has 6 heteroatoms. The van der Waals surface area contributed by atoms with Gasteiger partial charge < -0.3 is 10.1 Å². The van der Waals surface area contributed by atoms with Crippen LogP contribution in [0.15, 0.2) is 30.3 Å². The Morgan fingerprint density at radius 2 is 2.05 bits per heavy atom. The number of alkyl halides is 3. The summed E-state index contributed by atoms with van der Waals surface area (Å²) in [6.07, 6.45) is -3.65. The van der Waals surface area contributed by atoms with E-state index in [2.05, 4.69) is 10.3 Å². The van der Waals surface area contributed by atoms with E-state index >= 15 is 0 Å². The molecule has 0 radical (unpaired) electrons. The van der Waals surface area contributed by atoms with Crippen LogP contribution in [0.3, 0.4) is 0 Å². The van der Waals surface area contributed by atoms with E-state index in [-0.39, 0.29) is 11.5 Å². The van der Waals surface area contributed by atoms with Gasteiger partial charge in [-0.1, -0.05) is 12.1 Å². The van der Waals surface area contributed by atoms with E-state index in [1.165, 1.54) is 7.05 Å². The second-order valence-electron chi connectivity index (χ2n) is 4.77. The van der Waals surface area contributed by atoms with Crippen molar-refractivity contribution < 1.29 is 17.9 Å². The van der Waals surface area contributed by atoms with Crippen molar-refractivity contribution in [2.45, 2.75) is 12.6 Å². The van der Waals surface area contributed by atoms with Gasteiger partial charge in [0.25, 0.3) is 0 Å². The van der Waals surface area contributed by atoms with Gasteiger partial charge in [0.1, 0.15) is 11.6 Å². The van der Waals surface area contributed by atoms with Gasteiger partial charge in [-0.2, -0.15) is 13.2 Å². The number of hydrogen-bond donors (Lipinski definition) is 1. The second kappa shape index (κ2) is 4.95. The first-order chi connectivity index (χ1) is 9.99. The average molecular weight is 294 g/mol. The van der Waals surface area contributed by atoms with Gasteiger partial charge in [-0.3, -0.25) is 0 Å². The van der Waals surface area contributed by atoms with E-state index in [0.717, 1.165) is 24.1 Å². The Kier molecular flexibility index (Phi) is 3.23. The molecule has 0 amide bonds. The van der Waals surface area contributed by atoms with Gasteiger partial charge in [0, 0.05) is 19.0 Å². The molecule has 3 rings (SSSR count). The maximum atomic E-state index is 13.0. The standard InChI is InChI=1S/C15H13F3N2O/c1-19-13-8-10(15(16,17)18)7-12(20-13)11-4-2-3-9-5-6-21-14(9)11/h2-4,7-8H,5-6H2,1H3,(H,19,20). The Hall–Kier alpha value is -2.24. The summed E-state index contributed by atoms with van der Waals surface area (Å²) in [6, 6.07) is 7.50. The second-order valence-corrected chi connectivity index (χ2v) is 4.77. The smallest absolute Gasteiger partial charge is 0.416 e. The Labute approximate surface area is 119 Å². The lowest BCUT2D eigenvalue weighted by molar-refractivity contribution is -0.137. The average Bonchev–Trinajstić information content (AvgIpc) is 2.94. The van der Waals surface area contributed by atoms with E-state index < -0.39 is 11.7 Å². The van der Waals surface area contributed by atoms with Crippen LogP contribution in [-0.2, 0) is 12.6 Å². The van der Waals surface area contributed by atoms with E-state index in [0.29, 0.717) is 17.9 Å². The highest BCUT2D eigenvalue weighted by molar-refractivity contribution is 5.72. The van der Waals surface area contributed by atoms with Crippen LogP contribution in [0.25, 0.3) is 11.3 Å². The lowest BCUT2D eigenvalue weighted by atomic mass is 10.0. The Morgan fingerprint density at radius 3 is 2.76 bits per heavy atom. The number of aromatic nitrogens is 1. The minimum atomic E-state index is -4.41. The molecule has 0 fully saturated rings. The first-order valence-electron chi connectivity index (χ1n) is 6.51. The fourth-order valence-electron chi connectivity index (χ4n) is 2.38. The van der Waals surface area contributed by atoms with E-state index in [9.17, 15) is 13.2 Å². The zero-order valence-corrected chi connectivity index (χ0v) is 11.3. The lowest BCUT2D eigenvalue weighted by Crippen LogP contribution is -2.07. The molecule has 1 aliphatic rings. The monoisotopic (exact) mass is 294 g/mol. The molecule has 0 saturated heterocycles. The number of hydrogen-bond acceptors (Lipinski definition) is 3. The summed E-state index contributed by atoms with van der Waals surface area (Å²) in [5.41, 5.74) is 1.12. The van der Waals surface area contributed by atoms with Gasteiger partial charge in [-0.05, 0) is 23.8 Å². The molecule has 1 aliphatic heterocycles. The van der Waals surface area contributed by atoms with Crippen molar-refractivity contribution in [1.29, 1.82) is 0 Å². The largest absolute Gasteiger partial charge is 0.492 e. The fourth-order valence-corrected chi connectivity index (χ4v) is 2.38. The number of nitrogens with zero attached hydrogens (tertiary/aromatic N) is 1. The number of fused-ring (bicyclic) bond motifs is 1. The van der Waals surface area contributed by atoms with E-state index in [1.807, 2.05) is 12.1 Å². The quantitative estimate of drug-likeness (QED) is 0.916. The molecular weight excluding hydrogens is 281 g/mol. The molecule has 1 aromatic carbocycles. The number of anilines is 1. The molecule has 3 nitrogen and oxygen atoms in total. The van der Waals surface area contributed by atoms with Gasteiger partial charge in [0.2, 0.25) is 0 Å². The summed E-state index contributed by atoms with van der Waals surface area (Å²) in [6.45, 7) is 0.546. The predicted octanol–water partition coefficient (Wildman–Crippen LogP) is 3.74. The highest BCUT2D eigenvalue weighted by Crippen LogP contribution is 2.39. The molecule has 0 aliphatic carbocycles. The van der Waals surface area contributed by atoms with Crippen LogP contribution in [0.1, 0.15) is 11.1 Å². The number of benzene rings is 1. The SMILES string of the molecule is CNc1cc(C(F)(F)F)cc(-c2cccc3c2OCC3)n1. The summed E-state index contributed by atoms with van der Waals surface area (Å²) in [5.74, 6) is 0.807. The third-order valence-corrected chi connectivity index (χ3v) is 3.40. The molecular formula is C15H13F3N2O. The maximum absolute atomic E-state index is 13.0. The third kappa shape index (κ3) is 2.53. The predicted molar refractivity (Wildman–Crippen MR) is 73.4 cm³/mol. The fraction of sp³-hybridized carbons (Fsp3) is 0.267. The van der Waals surface area contributed by atoms with Gasteiger partial charge >= 0.3 is 6.18 Å². The molecule has 21 heavy (non-hydrogen) atoms. The topological polar surface area (TPSA) is 34.1 Å². The van der Waals surface area contributed by atoms with Gasteiger partial charge in [-0.15, -0.1) is 0 Å². The normalized spacial score (nSPS) is 13.7. The van der Waals surface area contributed by atoms with Crippen molar-refractivity contribution in [3.05, 3.63) is 41.5 Å². The van der Waals surface area contributed by atoms with Gasteiger partial charge in [-0.25, -0.2) is 4.98 Å². The van der Waals surface area contributed by atoms with Crippen LogP contribution >= 0.6 is 0 Å². The first-order valence-corrected chi connectivity index (χ1v) is 6.51. The molecule has 110 valence electrons. The van der Waals surface area contributed by atoms with Gasteiger partial charge in [0.05, 0.1) is 17.9 Å². The van der Waals surface area contributed by atoms with Crippen molar-refractivity contribution >= 4 is 5.82 Å². The minimum Gasteiger partial charge on any atom is -0.492 e. The molecule has 0 bridgehead atoms. The van der Waals surface area contributed by atoms with Crippen LogP contribution in [0, 0.1) is 0 Å². The molecule has 1 aromatic heterocycles. The third-order valence-electron chi connectivity index (χ3n) is 3.40. The Morgan fingerprint density at radius 1 is 1.24 bits per heavy atom.